The highest BCUT2D eigenvalue weighted by Gasteiger charge is 2.28. The number of halogens is 1. The molecule has 1 saturated heterocycles. The fourth-order valence-electron chi connectivity index (χ4n) is 4.20. The smallest absolute Gasteiger partial charge is 0.264 e. The lowest BCUT2D eigenvalue weighted by Crippen LogP contribution is -2.53. The summed E-state index contributed by atoms with van der Waals surface area (Å²) in [5.74, 6) is 0.0757. The van der Waals surface area contributed by atoms with Gasteiger partial charge in [-0.2, -0.15) is 0 Å². The van der Waals surface area contributed by atoms with Crippen molar-refractivity contribution in [1.29, 1.82) is 0 Å². The molecule has 2 aromatic carbocycles. The number of anilines is 1. The molecule has 0 bridgehead atoms. The molecule has 0 saturated carbocycles. The lowest BCUT2D eigenvalue weighted by molar-refractivity contribution is 0.0731. The summed E-state index contributed by atoms with van der Waals surface area (Å²) in [5.41, 5.74) is 3.33. The number of para-hydroxylation sites is 1. The maximum atomic E-state index is 13.3. The van der Waals surface area contributed by atoms with Gasteiger partial charge in [-0.15, -0.1) is 11.3 Å². The van der Waals surface area contributed by atoms with Crippen LogP contribution in [0, 0.1) is 6.92 Å². The van der Waals surface area contributed by atoms with Crippen molar-refractivity contribution < 1.29 is 4.79 Å². The number of pyridine rings is 1. The average Bonchev–Trinajstić information content (AvgIpc) is 3.20. The standard InChI is InChI=1S/C24H22ClN3OS/c1-15-7-9-17(10-8-15)28-12-11-27(14-16(28)2)24(29)21-13-19-22(30-21)18-5-3-4-6-20(18)26-23(19)25/h3-10,13,16H,11-12,14H2,1-2H3. The van der Waals surface area contributed by atoms with E-state index in [-0.39, 0.29) is 11.9 Å². The summed E-state index contributed by atoms with van der Waals surface area (Å²) in [4.78, 5) is 22.9. The van der Waals surface area contributed by atoms with E-state index in [1.807, 2.05) is 35.2 Å². The zero-order chi connectivity index (χ0) is 20.8. The van der Waals surface area contributed by atoms with Crippen LogP contribution in [0.1, 0.15) is 22.2 Å². The van der Waals surface area contributed by atoms with E-state index < -0.39 is 0 Å². The SMILES string of the molecule is Cc1ccc(N2CCN(C(=O)c3cc4c(Cl)nc5ccccc5c4s3)CC2C)cc1. The molecule has 1 atom stereocenters. The summed E-state index contributed by atoms with van der Waals surface area (Å²) in [5, 5.41) is 2.35. The Bertz CT molecular complexity index is 1250. The zero-order valence-electron chi connectivity index (χ0n) is 16.9. The van der Waals surface area contributed by atoms with Gasteiger partial charge >= 0.3 is 0 Å². The van der Waals surface area contributed by atoms with Gasteiger partial charge in [0, 0.05) is 46.8 Å². The second-order valence-electron chi connectivity index (χ2n) is 7.90. The minimum atomic E-state index is 0.0757. The highest BCUT2D eigenvalue weighted by atomic mass is 35.5. The van der Waals surface area contributed by atoms with Crippen molar-refractivity contribution in [2.24, 2.45) is 0 Å². The molecule has 0 spiro atoms. The van der Waals surface area contributed by atoms with Crippen LogP contribution in [0.3, 0.4) is 0 Å². The number of rotatable bonds is 2. The normalized spacial score (nSPS) is 17.1. The number of nitrogens with zero attached hydrogens (tertiary/aromatic N) is 3. The third-order valence-electron chi connectivity index (χ3n) is 5.81. The van der Waals surface area contributed by atoms with Gasteiger partial charge in [0.2, 0.25) is 0 Å². The van der Waals surface area contributed by atoms with Crippen molar-refractivity contribution in [3.63, 3.8) is 0 Å². The zero-order valence-corrected chi connectivity index (χ0v) is 18.5. The lowest BCUT2D eigenvalue weighted by Gasteiger charge is -2.41. The van der Waals surface area contributed by atoms with Gasteiger partial charge in [-0.05, 0) is 38.1 Å². The van der Waals surface area contributed by atoms with Crippen molar-refractivity contribution in [3.8, 4) is 0 Å². The molecule has 1 fully saturated rings. The van der Waals surface area contributed by atoms with E-state index in [1.54, 1.807) is 0 Å². The second-order valence-corrected chi connectivity index (χ2v) is 9.31. The largest absolute Gasteiger partial charge is 0.365 e. The van der Waals surface area contributed by atoms with Crippen molar-refractivity contribution >= 4 is 55.5 Å². The first-order valence-electron chi connectivity index (χ1n) is 10.1. The number of aromatic nitrogens is 1. The van der Waals surface area contributed by atoms with Crippen molar-refractivity contribution in [1.82, 2.24) is 9.88 Å². The Labute approximate surface area is 184 Å². The molecule has 0 radical (unpaired) electrons. The van der Waals surface area contributed by atoms with Crippen LogP contribution in [-0.4, -0.2) is 41.5 Å². The Morgan fingerprint density at radius 3 is 2.63 bits per heavy atom. The highest BCUT2D eigenvalue weighted by molar-refractivity contribution is 7.21. The number of benzene rings is 2. The predicted octanol–water partition coefficient (Wildman–Crippen LogP) is 5.76. The number of thiophene rings is 1. The summed E-state index contributed by atoms with van der Waals surface area (Å²) >= 11 is 7.94. The van der Waals surface area contributed by atoms with Crippen LogP contribution in [0.25, 0.3) is 21.0 Å². The molecule has 3 heterocycles. The van der Waals surface area contributed by atoms with Crippen LogP contribution in [0.5, 0.6) is 0 Å². The molecule has 5 rings (SSSR count). The molecular formula is C24H22ClN3OS. The van der Waals surface area contributed by atoms with Crippen LogP contribution in [0.15, 0.2) is 54.6 Å². The molecule has 152 valence electrons. The first kappa shape index (κ1) is 19.3. The van der Waals surface area contributed by atoms with Crippen molar-refractivity contribution in [2.45, 2.75) is 19.9 Å². The molecule has 4 nitrogen and oxygen atoms in total. The Balaban J connectivity index is 1.41. The maximum Gasteiger partial charge on any atom is 0.264 e. The Kier molecular flexibility index (Phi) is 4.88. The van der Waals surface area contributed by atoms with Gasteiger partial charge in [0.25, 0.3) is 5.91 Å². The van der Waals surface area contributed by atoms with E-state index in [1.165, 1.54) is 22.6 Å². The van der Waals surface area contributed by atoms with Crippen LogP contribution < -0.4 is 4.90 Å². The van der Waals surface area contributed by atoms with Gasteiger partial charge in [0.05, 0.1) is 10.4 Å². The van der Waals surface area contributed by atoms with Crippen LogP contribution in [0.4, 0.5) is 5.69 Å². The number of piperazine rings is 1. The number of amides is 1. The first-order valence-corrected chi connectivity index (χ1v) is 11.3. The maximum absolute atomic E-state index is 13.3. The Morgan fingerprint density at radius 2 is 1.87 bits per heavy atom. The predicted molar refractivity (Wildman–Crippen MR) is 126 cm³/mol. The quantitative estimate of drug-likeness (QED) is 0.375. The van der Waals surface area contributed by atoms with Gasteiger partial charge < -0.3 is 9.80 Å². The average molecular weight is 436 g/mol. The third-order valence-corrected chi connectivity index (χ3v) is 7.26. The van der Waals surface area contributed by atoms with Gasteiger partial charge in [-0.1, -0.05) is 47.5 Å². The summed E-state index contributed by atoms with van der Waals surface area (Å²) in [7, 11) is 0. The monoisotopic (exact) mass is 435 g/mol. The molecule has 2 aromatic heterocycles. The molecule has 1 aliphatic rings. The molecule has 30 heavy (non-hydrogen) atoms. The number of carbonyl (C=O) groups is 1. The molecule has 1 amide bonds. The van der Waals surface area contributed by atoms with E-state index in [0.29, 0.717) is 18.2 Å². The Hall–Kier alpha value is -2.63. The van der Waals surface area contributed by atoms with Crippen molar-refractivity contribution in [3.05, 3.63) is 70.2 Å². The van der Waals surface area contributed by atoms with Gasteiger partial charge in [0.15, 0.2) is 0 Å². The fraction of sp³-hybridized carbons (Fsp3) is 0.250. The Morgan fingerprint density at radius 1 is 1.10 bits per heavy atom. The highest BCUT2D eigenvalue weighted by Crippen LogP contribution is 2.36. The van der Waals surface area contributed by atoms with Gasteiger partial charge in [0.1, 0.15) is 5.15 Å². The number of hydrogen-bond donors (Lipinski definition) is 0. The number of aryl methyl sites for hydroxylation is 1. The molecule has 6 heteroatoms. The summed E-state index contributed by atoms with van der Waals surface area (Å²) < 4.78 is 1.03. The molecule has 1 unspecified atom stereocenters. The summed E-state index contributed by atoms with van der Waals surface area (Å²) in [6.07, 6.45) is 0. The molecule has 0 N–H and O–H groups in total. The molecule has 0 aliphatic carbocycles. The van der Waals surface area contributed by atoms with Gasteiger partial charge in [-0.25, -0.2) is 4.98 Å². The first-order chi connectivity index (χ1) is 14.5. The third kappa shape index (κ3) is 3.32. The molecule has 4 aromatic rings. The summed E-state index contributed by atoms with van der Waals surface area (Å²) in [6, 6.07) is 18.7. The fourth-order valence-corrected chi connectivity index (χ4v) is 5.65. The minimum Gasteiger partial charge on any atom is -0.365 e. The van der Waals surface area contributed by atoms with E-state index in [0.717, 1.165) is 32.4 Å². The number of carbonyl (C=O) groups excluding carboxylic acids is 1. The van der Waals surface area contributed by atoms with Crippen molar-refractivity contribution in [2.75, 3.05) is 24.5 Å². The topological polar surface area (TPSA) is 36.4 Å². The van der Waals surface area contributed by atoms with Crippen LogP contribution in [-0.2, 0) is 0 Å². The van der Waals surface area contributed by atoms with Crippen LogP contribution >= 0.6 is 22.9 Å². The molecular weight excluding hydrogens is 414 g/mol. The lowest BCUT2D eigenvalue weighted by atomic mass is 10.1. The summed E-state index contributed by atoms with van der Waals surface area (Å²) in [6.45, 7) is 6.51. The van der Waals surface area contributed by atoms with E-state index >= 15 is 0 Å². The second kappa shape index (κ2) is 7.56. The number of hydrogen-bond acceptors (Lipinski definition) is 4. The van der Waals surface area contributed by atoms with E-state index in [4.69, 9.17) is 11.6 Å². The van der Waals surface area contributed by atoms with Gasteiger partial charge in [-0.3, -0.25) is 4.79 Å². The molecule has 1 aliphatic heterocycles. The van der Waals surface area contributed by atoms with E-state index in [2.05, 4.69) is 48.0 Å². The van der Waals surface area contributed by atoms with Crippen LogP contribution in [0.2, 0.25) is 5.15 Å². The van der Waals surface area contributed by atoms with E-state index in [9.17, 15) is 4.79 Å². The minimum absolute atomic E-state index is 0.0757. The number of fused-ring (bicyclic) bond motifs is 3.